The molecule has 0 heterocycles. The van der Waals surface area contributed by atoms with Crippen molar-refractivity contribution in [2.75, 3.05) is 6.61 Å². The fraction of sp³-hybridized carbons (Fsp3) is 0.667. The summed E-state index contributed by atoms with van der Waals surface area (Å²) < 4.78 is 4.70. The standard InChI is InChI=1S/C15H23NO5/c1-2-21-13(17)10-6-9-12(15(19)20)16-14(18)11-7-4-3-5-8-11/h6,10-12H,2-5,7-9H2,1H3,(H,16,18)(H,19,20)/b10-6+/t12-/m1/s1. The highest BCUT2D eigenvalue weighted by Crippen LogP contribution is 2.23. The first-order valence-electron chi connectivity index (χ1n) is 7.41. The SMILES string of the molecule is CCOC(=O)/C=C/C[C@@H](NC(=O)C1CCCCC1)C(=O)O. The number of carbonyl (C=O) groups excluding carboxylic acids is 2. The maximum Gasteiger partial charge on any atom is 0.330 e. The van der Waals surface area contributed by atoms with Crippen molar-refractivity contribution >= 4 is 17.8 Å². The van der Waals surface area contributed by atoms with Crippen LogP contribution < -0.4 is 5.32 Å². The Balaban J connectivity index is 2.47. The van der Waals surface area contributed by atoms with Crippen molar-refractivity contribution in [2.24, 2.45) is 5.92 Å². The van der Waals surface area contributed by atoms with E-state index in [0.717, 1.165) is 32.1 Å². The molecule has 6 heteroatoms. The van der Waals surface area contributed by atoms with Gasteiger partial charge in [-0.2, -0.15) is 0 Å². The van der Waals surface area contributed by atoms with Crippen molar-refractivity contribution in [2.45, 2.75) is 51.5 Å². The zero-order valence-electron chi connectivity index (χ0n) is 12.3. The van der Waals surface area contributed by atoms with Crippen molar-refractivity contribution in [3.05, 3.63) is 12.2 Å². The minimum atomic E-state index is -1.10. The quantitative estimate of drug-likeness (QED) is 0.550. The Hall–Kier alpha value is -1.85. The predicted octanol–water partition coefficient (Wildman–Crippen LogP) is 1.65. The summed E-state index contributed by atoms with van der Waals surface area (Å²) in [6.07, 6.45) is 7.45. The van der Waals surface area contributed by atoms with E-state index in [1.807, 2.05) is 0 Å². The van der Waals surface area contributed by atoms with Gasteiger partial charge in [-0.25, -0.2) is 9.59 Å². The van der Waals surface area contributed by atoms with Gasteiger partial charge in [0.2, 0.25) is 5.91 Å². The minimum absolute atomic E-state index is 0.0621. The smallest absolute Gasteiger partial charge is 0.330 e. The van der Waals surface area contributed by atoms with Crippen molar-refractivity contribution in [3.8, 4) is 0 Å². The highest BCUT2D eigenvalue weighted by atomic mass is 16.5. The number of nitrogens with one attached hydrogen (secondary N) is 1. The Kier molecular flexibility index (Phi) is 7.50. The summed E-state index contributed by atoms with van der Waals surface area (Å²) in [6, 6.07) is -1.01. The Morgan fingerprint density at radius 2 is 1.95 bits per heavy atom. The summed E-state index contributed by atoms with van der Waals surface area (Å²) >= 11 is 0. The molecule has 2 N–H and O–H groups in total. The molecule has 21 heavy (non-hydrogen) atoms. The van der Waals surface area contributed by atoms with Crippen molar-refractivity contribution in [1.82, 2.24) is 5.32 Å². The summed E-state index contributed by atoms with van der Waals surface area (Å²) in [7, 11) is 0. The maximum absolute atomic E-state index is 12.0. The molecule has 1 saturated carbocycles. The molecule has 1 amide bonds. The van der Waals surface area contributed by atoms with Gasteiger partial charge in [0.05, 0.1) is 6.61 Å². The second-order valence-corrected chi connectivity index (χ2v) is 5.12. The third kappa shape index (κ3) is 6.42. The molecule has 1 aliphatic rings. The third-order valence-electron chi connectivity index (χ3n) is 3.50. The van der Waals surface area contributed by atoms with Crippen molar-refractivity contribution in [3.63, 3.8) is 0 Å². The number of hydrogen-bond acceptors (Lipinski definition) is 4. The topological polar surface area (TPSA) is 92.7 Å². The molecule has 0 aliphatic heterocycles. The first-order chi connectivity index (χ1) is 10.0. The number of carboxylic acid groups (broad SMARTS) is 1. The van der Waals surface area contributed by atoms with Gasteiger partial charge in [-0.15, -0.1) is 0 Å². The summed E-state index contributed by atoms with van der Waals surface area (Å²) in [4.78, 5) is 34.3. The van der Waals surface area contributed by atoms with E-state index in [1.165, 1.54) is 12.2 Å². The van der Waals surface area contributed by atoms with E-state index in [0.29, 0.717) is 0 Å². The van der Waals surface area contributed by atoms with E-state index < -0.39 is 18.0 Å². The van der Waals surface area contributed by atoms with E-state index in [2.05, 4.69) is 5.32 Å². The van der Waals surface area contributed by atoms with Gasteiger partial charge in [0.15, 0.2) is 0 Å². The van der Waals surface area contributed by atoms with E-state index in [9.17, 15) is 14.4 Å². The Morgan fingerprint density at radius 1 is 1.29 bits per heavy atom. The van der Waals surface area contributed by atoms with E-state index in [-0.39, 0.29) is 24.9 Å². The Bertz CT molecular complexity index is 399. The molecule has 1 fully saturated rings. The molecule has 0 radical (unpaired) electrons. The molecule has 6 nitrogen and oxygen atoms in total. The van der Waals surface area contributed by atoms with E-state index in [1.54, 1.807) is 6.92 Å². The number of esters is 1. The molecule has 1 atom stereocenters. The molecule has 0 bridgehead atoms. The molecule has 0 unspecified atom stereocenters. The number of aliphatic carboxylic acids is 1. The summed E-state index contributed by atoms with van der Waals surface area (Å²) in [6.45, 7) is 1.96. The monoisotopic (exact) mass is 297 g/mol. The van der Waals surface area contributed by atoms with Crippen LogP contribution in [-0.4, -0.2) is 35.6 Å². The number of rotatable bonds is 7. The molecular formula is C15H23NO5. The number of ether oxygens (including phenoxy) is 1. The number of carbonyl (C=O) groups is 3. The Labute approximate surface area is 124 Å². The molecule has 118 valence electrons. The number of carboxylic acids is 1. The van der Waals surface area contributed by atoms with Crippen LogP contribution in [0.1, 0.15) is 45.4 Å². The van der Waals surface area contributed by atoms with E-state index >= 15 is 0 Å². The summed E-state index contributed by atoms with van der Waals surface area (Å²) in [5, 5.41) is 11.7. The van der Waals surface area contributed by atoms with Crippen LogP contribution in [0.5, 0.6) is 0 Å². The predicted molar refractivity (Wildman–Crippen MR) is 76.5 cm³/mol. The van der Waals surface area contributed by atoms with Crippen LogP contribution >= 0.6 is 0 Å². The highest BCUT2D eigenvalue weighted by Gasteiger charge is 2.25. The van der Waals surface area contributed by atoms with Crippen LogP contribution in [0.3, 0.4) is 0 Å². The minimum Gasteiger partial charge on any atom is -0.480 e. The van der Waals surface area contributed by atoms with Gasteiger partial charge in [-0.1, -0.05) is 25.3 Å². The number of amides is 1. The van der Waals surface area contributed by atoms with Gasteiger partial charge in [0.25, 0.3) is 0 Å². The highest BCUT2D eigenvalue weighted by molar-refractivity contribution is 5.85. The second-order valence-electron chi connectivity index (χ2n) is 5.12. The lowest BCUT2D eigenvalue weighted by Crippen LogP contribution is -2.43. The molecule has 0 aromatic carbocycles. The van der Waals surface area contributed by atoms with Gasteiger partial charge < -0.3 is 15.2 Å². The second kappa shape index (κ2) is 9.15. The fourth-order valence-electron chi connectivity index (χ4n) is 2.37. The zero-order chi connectivity index (χ0) is 15.7. The first-order valence-corrected chi connectivity index (χ1v) is 7.41. The molecular weight excluding hydrogens is 274 g/mol. The lowest BCUT2D eigenvalue weighted by Gasteiger charge is -2.22. The molecule has 0 saturated heterocycles. The Morgan fingerprint density at radius 3 is 2.52 bits per heavy atom. The molecule has 1 aliphatic carbocycles. The van der Waals surface area contributed by atoms with Crippen LogP contribution in [0.15, 0.2) is 12.2 Å². The molecule has 0 spiro atoms. The molecule has 0 aromatic rings. The van der Waals surface area contributed by atoms with Gasteiger partial charge in [0, 0.05) is 12.0 Å². The third-order valence-corrected chi connectivity index (χ3v) is 3.50. The zero-order valence-corrected chi connectivity index (χ0v) is 12.3. The van der Waals surface area contributed by atoms with Crippen molar-refractivity contribution < 1.29 is 24.2 Å². The van der Waals surface area contributed by atoms with Crippen LogP contribution in [0, 0.1) is 5.92 Å². The van der Waals surface area contributed by atoms with Crippen molar-refractivity contribution in [1.29, 1.82) is 0 Å². The largest absolute Gasteiger partial charge is 0.480 e. The van der Waals surface area contributed by atoms with Crippen LogP contribution in [-0.2, 0) is 19.1 Å². The maximum atomic E-state index is 12.0. The lowest BCUT2D eigenvalue weighted by molar-refractivity contribution is -0.142. The lowest BCUT2D eigenvalue weighted by atomic mass is 9.88. The first kappa shape index (κ1) is 17.2. The normalized spacial score (nSPS) is 17.4. The summed E-state index contributed by atoms with van der Waals surface area (Å²) in [5.74, 6) is -1.91. The van der Waals surface area contributed by atoms with Gasteiger partial charge in [-0.3, -0.25) is 4.79 Å². The van der Waals surface area contributed by atoms with Crippen LogP contribution in [0.25, 0.3) is 0 Å². The van der Waals surface area contributed by atoms with Gasteiger partial charge in [-0.05, 0) is 26.2 Å². The average Bonchev–Trinajstić information content (AvgIpc) is 2.47. The van der Waals surface area contributed by atoms with Gasteiger partial charge in [0.1, 0.15) is 6.04 Å². The van der Waals surface area contributed by atoms with Crippen LogP contribution in [0.2, 0.25) is 0 Å². The number of hydrogen-bond donors (Lipinski definition) is 2. The van der Waals surface area contributed by atoms with Gasteiger partial charge >= 0.3 is 11.9 Å². The van der Waals surface area contributed by atoms with E-state index in [4.69, 9.17) is 9.84 Å². The molecule has 1 rings (SSSR count). The van der Waals surface area contributed by atoms with Crippen LogP contribution in [0.4, 0.5) is 0 Å². The summed E-state index contributed by atoms with van der Waals surface area (Å²) in [5.41, 5.74) is 0. The molecule has 0 aromatic heterocycles. The average molecular weight is 297 g/mol. The fourth-order valence-corrected chi connectivity index (χ4v) is 2.37.